The second-order valence-electron chi connectivity index (χ2n) is 5.21. The van der Waals surface area contributed by atoms with Crippen molar-refractivity contribution < 1.29 is 9.53 Å². The third-order valence-electron chi connectivity index (χ3n) is 3.94. The van der Waals surface area contributed by atoms with Gasteiger partial charge in [-0.1, -0.05) is 38.8 Å². The van der Waals surface area contributed by atoms with Gasteiger partial charge in [-0.05, 0) is 24.6 Å². The van der Waals surface area contributed by atoms with E-state index < -0.39 is 0 Å². The van der Waals surface area contributed by atoms with Crippen LogP contribution in [0.25, 0.3) is 0 Å². The smallest absolute Gasteiger partial charge is 0.174 e. The Morgan fingerprint density at radius 2 is 2.05 bits per heavy atom. The van der Waals surface area contributed by atoms with Crippen LogP contribution < -0.4 is 10.1 Å². The molecular weight excluding hydrogens is 238 g/mol. The Morgan fingerprint density at radius 1 is 1.32 bits per heavy atom. The lowest BCUT2D eigenvalue weighted by Crippen LogP contribution is -2.37. The fourth-order valence-corrected chi connectivity index (χ4v) is 2.47. The van der Waals surface area contributed by atoms with Crippen molar-refractivity contribution in [1.29, 1.82) is 0 Å². The summed E-state index contributed by atoms with van der Waals surface area (Å²) in [5, 5.41) is 3.42. The first-order chi connectivity index (χ1) is 9.26. The maximum absolute atomic E-state index is 12.3. The van der Waals surface area contributed by atoms with Gasteiger partial charge in [0.15, 0.2) is 5.78 Å². The standard InChI is InChI=1S/C16H23NO2/c1-3-12(4-2)9-17-10-13-11-19-15-8-6-5-7-14(15)16(13)18/h5-8,12-13,17H,3-4,9-11H2,1-2H3/t13-/m0/s1. The highest BCUT2D eigenvalue weighted by atomic mass is 16.5. The minimum absolute atomic E-state index is 0.0516. The van der Waals surface area contributed by atoms with Crippen LogP contribution in [0, 0.1) is 11.8 Å². The van der Waals surface area contributed by atoms with E-state index in [0.717, 1.165) is 17.9 Å². The van der Waals surface area contributed by atoms with Crippen LogP contribution in [-0.2, 0) is 0 Å². The van der Waals surface area contributed by atoms with Crippen molar-refractivity contribution in [2.24, 2.45) is 11.8 Å². The molecule has 0 aliphatic carbocycles. The summed E-state index contributed by atoms with van der Waals surface area (Å²) in [7, 11) is 0. The van der Waals surface area contributed by atoms with Gasteiger partial charge in [0, 0.05) is 6.54 Å². The lowest BCUT2D eigenvalue weighted by Gasteiger charge is -2.25. The summed E-state index contributed by atoms with van der Waals surface area (Å²) in [5.74, 6) is 1.58. The molecule has 3 nitrogen and oxygen atoms in total. The molecule has 1 aromatic rings. The van der Waals surface area contributed by atoms with E-state index in [4.69, 9.17) is 4.74 Å². The average molecular weight is 261 g/mol. The van der Waals surface area contributed by atoms with Gasteiger partial charge in [-0.3, -0.25) is 4.79 Å². The molecule has 1 aliphatic heterocycles. The van der Waals surface area contributed by atoms with Gasteiger partial charge >= 0.3 is 0 Å². The number of Topliss-reactive ketones (excluding diaryl/α,β-unsaturated/α-hetero) is 1. The first-order valence-corrected chi connectivity index (χ1v) is 7.23. The van der Waals surface area contributed by atoms with Crippen LogP contribution in [0.1, 0.15) is 37.0 Å². The molecule has 0 aromatic heterocycles. The van der Waals surface area contributed by atoms with E-state index in [1.807, 2.05) is 24.3 Å². The largest absolute Gasteiger partial charge is 0.492 e. The number of benzene rings is 1. The number of para-hydroxylation sites is 1. The second kappa shape index (κ2) is 6.71. The van der Waals surface area contributed by atoms with Crippen molar-refractivity contribution in [3.05, 3.63) is 29.8 Å². The molecule has 0 spiro atoms. The third kappa shape index (κ3) is 3.35. The molecule has 1 heterocycles. The van der Waals surface area contributed by atoms with Gasteiger partial charge in [-0.15, -0.1) is 0 Å². The van der Waals surface area contributed by atoms with Gasteiger partial charge in [-0.2, -0.15) is 0 Å². The zero-order valence-electron chi connectivity index (χ0n) is 11.8. The fraction of sp³-hybridized carbons (Fsp3) is 0.562. The van der Waals surface area contributed by atoms with Crippen molar-refractivity contribution in [1.82, 2.24) is 5.32 Å². The van der Waals surface area contributed by atoms with E-state index in [-0.39, 0.29) is 11.7 Å². The number of carbonyl (C=O) groups excluding carboxylic acids is 1. The molecule has 19 heavy (non-hydrogen) atoms. The zero-order valence-corrected chi connectivity index (χ0v) is 11.8. The van der Waals surface area contributed by atoms with Gasteiger partial charge < -0.3 is 10.1 Å². The van der Waals surface area contributed by atoms with Crippen molar-refractivity contribution in [2.45, 2.75) is 26.7 Å². The molecule has 2 rings (SSSR count). The predicted octanol–water partition coefficient (Wildman–Crippen LogP) is 2.90. The molecule has 1 atom stereocenters. The Labute approximate surface area is 115 Å². The van der Waals surface area contributed by atoms with Crippen LogP contribution in [0.15, 0.2) is 24.3 Å². The van der Waals surface area contributed by atoms with Crippen LogP contribution in [0.2, 0.25) is 0 Å². The topological polar surface area (TPSA) is 38.3 Å². The van der Waals surface area contributed by atoms with E-state index >= 15 is 0 Å². The maximum atomic E-state index is 12.3. The number of ketones is 1. The molecule has 1 N–H and O–H groups in total. The van der Waals surface area contributed by atoms with Crippen LogP contribution in [0.3, 0.4) is 0 Å². The minimum Gasteiger partial charge on any atom is -0.492 e. The molecule has 0 bridgehead atoms. The summed E-state index contributed by atoms with van der Waals surface area (Å²) in [6, 6.07) is 7.50. The van der Waals surface area contributed by atoms with E-state index in [0.29, 0.717) is 19.1 Å². The number of hydrogen-bond donors (Lipinski definition) is 1. The Balaban J connectivity index is 1.88. The van der Waals surface area contributed by atoms with Gasteiger partial charge in [-0.25, -0.2) is 0 Å². The highest BCUT2D eigenvalue weighted by Crippen LogP contribution is 2.26. The quantitative estimate of drug-likeness (QED) is 0.855. The number of nitrogens with one attached hydrogen (secondary N) is 1. The van der Waals surface area contributed by atoms with Crippen LogP contribution in [0.4, 0.5) is 0 Å². The maximum Gasteiger partial charge on any atom is 0.174 e. The van der Waals surface area contributed by atoms with Crippen molar-refractivity contribution in [3.63, 3.8) is 0 Å². The number of rotatable bonds is 6. The average Bonchev–Trinajstić information content (AvgIpc) is 2.46. The van der Waals surface area contributed by atoms with E-state index in [1.54, 1.807) is 0 Å². The summed E-state index contributed by atoms with van der Waals surface area (Å²) in [4.78, 5) is 12.3. The molecule has 1 aliphatic rings. The lowest BCUT2D eigenvalue weighted by molar-refractivity contribution is 0.0828. The number of ether oxygens (including phenoxy) is 1. The summed E-state index contributed by atoms with van der Waals surface area (Å²) in [6.45, 7) is 6.61. The Morgan fingerprint density at radius 3 is 2.79 bits per heavy atom. The molecule has 0 saturated heterocycles. The van der Waals surface area contributed by atoms with Gasteiger partial charge in [0.1, 0.15) is 5.75 Å². The van der Waals surface area contributed by atoms with Crippen molar-refractivity contribution in [3.8, 4) is 5.75 Å². The summed E-state index contributed by atoms with van der Waals surface area (Å²) in [6.07, 6.45) is 2.36. The van der Waals surface area contributed by atoms with Crippen molar-refractivity contribution in [2.75, 3.05) is 19.7 Å². The molecule has 0 amide bonds. The highest BCUT2D eigenvalue weighted by molar-refractivity contribution is 6.01. The molecular formula is C16H23NO2. The Kier molecular flexibility index (Phi) is 4.97. The summed E-state index contributed by atoms with van der Waals surface area (Å²) < 4.78 is 5.66. The van der Waals surface area contributed by atoms with Gasteiger partial charge in [0.25, 0.3) is 0 Å². The predicted molar refractivity (Wildman–Crippen MR) is 76.7 cm³/mol. The summed E-state index contributed by atoms with van der Waals surface area (Å²) in [5.41, 5.74) is 0.725. The third-order valence-corrected chi connectivity index (χ3v) is 3.94. The number of hydrogen-bond acceptors (Lipinski definition) is 3. The summed E-state index contributed by atoms with van der Waals surface area (Å²) >= 11 is 0. The second-order valence-corrected chi connectivity index (χ2v) is 5.21. The first-order valence-electron chi connectivity index (χ1n) is 7.23. The molecule has 0 radical (unpaired) electrons. The van der Waals surface area contributed by atoms with E-state index in [1.165, 1.54) is 12.8 Å². The Hall–Kier alpha value is -1.35. The molecule has 0 unspecified atom stereocenters. The molecule has 0 fully saturated rings. The van der Waals surface area contributed by atoms with Crippen LogP contribution in [0.5, 0.6) is 5.75 Å². The van der Waals surface area contributed by atoms with E-state index in [2.05, 4.69) is 19.2 Å². The monoisotopic (exact) mass is 261 g/mol. The lowest BCUT2D eigenvalue weighted by atomic mass is 9.94. The van der Waals surface area contributed by atoms with Crippen LogP contribution in [-0.4, -0.2) is 25.5 Å². The van der Waals surface area contributed by atoms with Crippen molar-refractivity contribution >= 4 is 5.78 Å². The number of carbonyl (C=O) groups is 1. The zero-order chi connectivity index (χ0) is 13.7. The molecule has 104 valence electrons. The minimum atomic E-state index is -0.0516. The number of fused-ring (bicyclic) bond motifs is 1. The van der Waals surface area contributed by atoms with Gasteiger partial charge in [0.2, 0.25) is 0 Å². The fourth-order valence-electron chi connectivity index (χ4n) is 2.47. The first kappa shape index (κ1) is 14.1. The molecule has 1 aromatic carbocycles. The molecule has 0 saturated carbocycles. The highest BCUT2D eigenvalue weighted by Gasteiger charge is 2.28. The van der Waals surface area contributed by atoms with Crippen LogP contribution >= 0.6 is 0 Å². The Bertz CT molecular complexity index is 427. The van der Waals surface area contributed by atoms with E-state index in [9.17, 15) is 4.79 Å². The SMILES string of the molecule is CCC(CC)CNC[C@H]1COc2ccccc2C1=O. The van der Waals surface area contributed by atoms with Gasteiger partial charge in [0.05, 0.1) is 18.1 Å². The normalized spacial score (nSPS) is 18.3. The molecule has 3 heteroatoms.